The van der Waals surface area contributed by atoms with Gasteiger partial charge in [-0.2, -0.15) is 0 Å². The van der Waals surface area contributed by atoms with Crippen molar-refractivity contribution in [3.05, 3.63) is 59.3 Å². The molecule has 2 aromatic heterocycles. The quantitative estimate of drug-likeness (QED) is 0.573. The van der Waals surface area contributed by atoms with E-state index in [9.17, 15) is 4.79 Å². The molecule has 0 spiro atoms. The Balaban J connectivity index is 0.000000162. The van der Waals surface area contributed by atoms with E-state index >= 15 is 0 Å². The van der Waals surface area contributed by atoms with E-state index in [0.29, 0.717) is 11.0 Å². The standard InChI is InChI=1S/C9H6O2.C2H2N2O/c10-8-5-6-11-9-4-2-1-3-7(8)9;1-2-5-4-3-1/h1-6H;1-2H. The lowest BCUT2D eigenvalue weighted by molar-refractivity contribution is 0.393. The molecular formula is C11H8N2O3. The number of para-hydroxylation sites is 1. The fourth-order valence-electron chi connectivity index (χ4n) is 1.17. The van der Waals surface area contributed by atoms with Gasteiger partial charge in [-0.25, -0.2) is 0 Å². The summed E-state index contributed by atoms with van der Waals surface area (Å²) < 4.78 is 9.31. The van der Waals surface area contributed by atoms with Crippen molar-refractivity contribution in [2.45, 2.75) is 0 Å². The first-order valence-electron chi connectivity index (χ1n) is 4.55. The summed E-state index contributed by atoms with van der Waals surface area (Å²) in [5, 5.41) is 7.04. The molecule has 5 heteroatoms. The minimum absolute atomic E-state index is 0.00634. The van der Waals surface area contributed by atoms with Gasteiger partial charge in [0, 0.05) is 11.3 Å². The first kappa shape index (κ1) is 10.1. The van der Waals surface area contributed by atoms with Crippen molar-refractivity contribution in [1.29, 1.82) is 0 Å². The Morgan fingerprint density at radius 3 is 2.56 bits per heavy atom. The van der Waals surface area contributed by atoms with Crippen molar-refractivity contribution in [1.82, 2.24) is 10.4 Å². The normalized spacial score (nSPS) is 9.50. The van der Waals surface area contributed by atoms with Crippen LogP contribution in [0.25, 0.3) is 11.0 Å². The van der Waals surface area contributed by atoms with Gasteiger partial charge >= 0.3 is 0 Å². The molecule has 0 aliphatic heterocycles. The van der Waals surface area contributed by atoms with Crippen LogP contribution in [0.1, 0.15) is 0 Å². The SMILES string of the molecule is O=c1ccoc2ccccc12.c1conn1. The van der Waals surface area contributed by atoms with Crippen molar-refractivity contribution >= 4 is 11.0 Å². The molecule has 0 aliphatic rings. The average Bonchev–Trinajstić information content (AvgIpc) is 2.88. The van der Waals surface area contributed by atoms with Crippen LogP contribution in [0.4, 0.5) is 0 Å². The Morgan fingerprint density at radius 1 is 1.06 bits per heavy atom. The van der Waals surface area contributed by atoms with E-state index in [4.69, 9.17) is 4.42 Å². The van der Waals surface area contributed by atoms with Crippen LogP contribution in [-0.4, -0.2) is 10.4 Å². The first-order valence-corrected chi connectivity index (χ1v) is 4.55. The molecular weight excluding hydrogens is 208 g/mol. The molecule has 3 aromatic rings. The number of hydrogen-bond donors (Lipinski definition) is 0. The highest BCUT2D eigenvalue weighted by Gasteiger charge is 1.95. The molecule has 0 radical (unpaired) electrons. The smallest absolute Gasteiger partial charge is 0.192 e. The second-order valence-corrected chi connectivity index (χ2v) is 2.87. The number of nitrogens with zero attached hydrogens (tertiary/aromatic N) is 2. The van der Waals surface area contributed by atoms with Gasteiger partial charge in [-0.1, -0.05) is 12.1 Å². The summed E-state index contributed by atoms with van der Waals surface area (Å²) in [5.74, 6) is 0. The number of hydrogen-bond acceptors (Lipinski definition) is 5. The number of fused-ring (bicyclic) bond motifs is 1. The minimum atomic E-state index is 0.00634. The summed E-state index contributed by atoms with van der Waals surface area (Å²) in [5.41, 5.74) is 0.645. The Labute approximate surface area is 90.3 Å². The van der Waals surface area contributed by atoms with Gasteiger partial charge in [-0.05, 0) is 12.1 Å². The van der Waals surface area contributed by atoms with E-state index in [-0.39, 0.29) is 5.43 Å². The summed E-state index contributed by atoms with van der Waals surface area (Å²) in [7, 11) is 0. The first-order chi connectivity index (χ1) is 7.88. The van der Waals surface area contributed by atoms with Crippen LogP contribution in [0.5, 0.6) is 0 Å². The number of aromatic nitrogens is 2. The van der Waals surface area contributed by atoms with Crippen LogP contribution in [0, 0.1) is 0 Å². The highest BCUT2D eigenvalue weighted by atomic mass is 16.5. The lowest BCUT2D eigenvalue weighted by Crippen LogP contribution is -1.96. The van der Waals surface area contributed by atoms with Crippen LogP contribution in [0.3, 0.4) is 0 Å². The third-order valence-corrected chi connectivity index (χ3v) is 1.85. The van der Waals surface area contributed by atoms with E-state index in [1.165, 1.54) is 24.8 Å². The molecule has 0 bridgehead atoms. The zero-order valence-electron chi connectivity index (χ0n) is 8.24. The van der Waals surface area contributed by atoms with Crippen LogP contribution >= 0.6 is 0 Å². The molecule has 0 aliphatic carbocycles. The lowest BCUT2D eigenvalue weighted by Gasteiger charge is -1.91. The maximum absolute atomic E-state index is 11.1. The zero-order valence-corrected chi connectivity index (χ0v) is 8.24. The largest absolute Gasteiger partial charge is 0.464 e. The van der Waals surface area contributed by atoms with Crippen molar-refractivity contribution < 1.29 is 8.94 Å². The predicted octanol–water partition coefficient (Wildman–Crippen LogP) is 1.86. The Bertz CT molecular complexity index is 579. The summed E-state index contributed by atoms with van der Waals surface area (Å²) in [6.45, 7) is 0. The third kappa shape index (κ3) is 2.33. The van der Waals surface area contributed by atoms with Gasteiger partial charge in [0.1, 0.15) is 11.8 Å². The Hall–Kier alpha value is -2.43. The minimum Gasteiger partial charge on any atom is -0.464 e. The van der Waals surface area contributed by atoms with Gasteiger partial charge in [0.2, 0.25) is 0 Å². The molecule has 3 rings (SSSR count). The molecule has 0 unspecified atom stereocenters. The van der Waals surface area contributed by atoms with Gasteiger partial charge in [-0.15, -0.1) is 5.10 Å². The van der Waals surface area contributed by atoms with Crippen molar-refractivity contribution in [2.24, 2.45) is 0 Å². The highest BCUT2D eigenvalue weighted by Crippen LogP contribution is 2.06. The molecule has 0 saturated heterocycles. The van der Waals surface area contributed by atoms with E-state index in [1.54, 1.807) is 12.1 Å². The van der Waals surface area contributed by atoms with E-state index in [2.05, 4.69) is 14.9 Å². The monoisotopic (exact) mass is 216 g/mol. The fourth-order valence-corrected chi connectivity index (χ4v) is 1.17. The summed E-state index contributed by atoms with van der Waals surface area (Å²) >= 11 is 0. The van der Waals surface area contributed by atoms with Crippen molar-refractivity contribution in [3.8, 4) is 0 Å². The number of benzene rings is 1. The summed E-state index contributed by atoms with van der Waals surface area (Å²) in [6.07, 6.45) is 4.28. The van der Waals surface area contributed by atoms with Crippen LogP contribution < -0.4 is 5.43 Å². The van der Waals surface area contributed by atoms with Gasteiger partial charge in [0.05, 0.1) is 17.8 Å². The molecule has 0 amide bonds. The van der Waals surface area contributed by atoms with Crippen molar-refractivity contribution in [3.63, 3.8) is 0 Å². The van der Waals surface area contributed by atoms with E-state index < -0.39 is 0 Å². The van der Waals surface area contributed by atoms with Gasteiger partial charge < -0.3 is 8.94 Å². The molecule has 0 N–H and O–H groups in total. The van der Waals surface area contributed by atoms with E-state index in [0.717, 1.165) is 0 Å². The maximum atomic E-state index is 11.1. The lowest BCUT2D eigenvalue weighted by atomic mass is 10.2. The van der Waals surface area contributed by atoms with E-state index in [1.807, 2.05) is 12.1 Å². The fraction of sp³-hybridized carbons (Fsp3) is 0. The van der Waals surface area contributed by atoms with Crippen molar-refractivity contribution in [2.75, 3.05) is 0 Å². The zero-order chi connectivity index (χ0) is 11.2. The second-order valence-electron chi connectivity index (χ2n) is 2.87. The molecule has 80 valence electrons. The van der Waals surface area contributed by atoms with Gasteiger partial charge in [-0.3, -0.25) is 4.79 Å². The Morgan fingerprint density at radius 2 is 1.94 bits per heavy atom. The number of rotatable bonds is 0. The summed E-state index contributed by atoms with van der Waals surface area (Å²) in [4.78, 5) is 11.1. The molecule has 16 heavy (non-hydrogen) atoms. The molecule has 0 saturated carbocycles. The van der Waals surface area contributed by atoms with Gasteiger partial charge in [0.15, 0.2) is 5.43 Å². The second kappa shape index (κ2) is 4.88. The molecule has 1 aromatic carbocycles. The summed E-state index contributed by atoms with van der Waals surface area (Å²) in [6, 6.07) is 8.60. The third-order valence-electron chi connectivity index (χ3n) is 1.85. The van der Waals surface area contributed by atoms with Crippen LogP contribution in [-0.2, 0) is 0 Å². The topological polar surface area (TPSA) is 69.1 Å². The molecule has 0 fully saturated rings. The Kier molecular flexibility index (Phi) is 3.08. The average molecular weight is 216 g/mol. The van der Waals surface area contributed by atoms with Crippen LogP contribution in [0.2, 0.25) is 0 Å². The highest BCUT2D eigenvalue weighted by molar-refractivity contribution is 5.75. The van der Waals surface area contributed by atoms with Crippen LogP contribution in [0.15, 0.2) is 62.8 Å². The molecule has 5 nitrogen and oxygen atoms in total. The maximum Gasteiger partial charge on any atom is 0.192 e. The molecule has 2 heterocycles. The van der Waals surface area contributed by atoms with Gasteiger partial charge in [0.25, 0.3) is 0 Å². The predicted molar refractivity (Wildman–Crippen MR) is 56.8 cm³/mol. The molecule has 0 atom stereocenters.